The van der Waals surface area contributed by atoms with E-state index in [1.165, 1.54) is 0 Å². The van der Waals surface area contributed by atoms with Gasteiger partial charge in [0.15, 0.2) is 5.82 Å². The molecule has 8 heteroatoms. The maximum atomic E-state index is 6.21. The molecule has 2 heterocycles. The van der Waals surface area contributed by atoms with Crippen LogP contribution in [0.15, 0.2) is 36.5 Å². The Balaban J connectivity index is 1.53. The van der Waals surface area contributed by atoms with Gasteiger partial charge in [0.1, 0.15) is 5.82 Å². The van der Waals surface area contributed by atoms with Gasteiger partial charge in [0.25, 0.3) is 0 Å². The van der Waals surface area contributed by atoms with E-state index in [4.69, 9.17) is 11.6 Å². The minimum Gasteiger partial charge on any atom is -0.359 e. The van der Waals surface area contributed by atoms with Crippen LogP contribution in [0.1, 0.15) is 37.7 Å². The van der Waals surface area contributed by atoms with Crippen LogP contribution in [-0.4, -0.2) is 30.0 Å². The summed E-state index contributed by atoms with van der Waals surface area (Å²) in [5, 5.41) is 20.5. The summed E-state index contributed by atoms with van der Waals surface area (Å²) in [5.41, 5.74) is 0.845. The second kappa shape index (κ2) is 5.66. The van der Waals surface area contributed by atoms with Gasteiger partial charge >= 0.3 is 0 Å². The van der Waals surface area contributed by atoms with Gasteiger partial charge in [0.05, 0.1) is 22.8 Å². The number of nitrogens with one attached hydrogen (secondary N) is 1. The normalized spacial score (nSPS) is 15.6. The van der Waals surface area contributed by atoms with Crippen LogP contribution in [0.2, 0.25) is 5.02 Å². The molecule has 1 fully saturated rings. The molecule has 1 N–H and O–H groups in total. The zero-order valence-electron chi connectivity index (χ0n) is 12.6. The van der Waals surface area contributed by atoms with Crippen LogP contribution < -0.4 is 5.32 Å². The summed E-state index contributed by atoms with van der Waals surface area (Å²) in [6.45, 7) is 2.03. The molecule has 0 radical (unpaired) electrons. The summed E-state index contributed by atoms with van der Waals surface area (Å²) in [5.74, 6) is 1.59. The molecule has 4 rings (SSSR count). The molecule has 7 nitrogen and oxygen atoms in total. The van der Waals surface area contributed by atoms with E-state index in [2.05, 4.69) is 25.9 Å². The Kier molecular flexibility index (Phi) is 3.49. The van der Waals surface area contributed by atoms with E-state index < -0.39 is 0 Å². The highest BCUT2D eigenvalue weighted by molar-refractivity contribution is 6.32. The fourth-order valence-electron chi connectivity index (χ4n) is 2.52. The first-order chi connectivity index (χ1) is 11.2. The average Bonchev–Trinajstić information content (AvgIpc) is 3.09. The Morgan fingerprint density at radius 1 is 1.26 bits per heavy atom. The quantitative estimate of drug-likeness (QED) is 0.779. The third kappa shape index (κ3) is 2.79. The van der Waals surface area contributed by atoms with Crippen LogP contribution in [-0.2, 0) is 0 Å². The number of rotatable bonds is 5. The van der Waals surface area contributed by atoms with E-state index in [0.717, 1.165) is 30.2 Å². The van der Waals surface area contributed by atoms with Gasteiger partial charge in [-0.05, 0) is 42.3 Å². The fraction of sp³-hybridized carbons (Fsp3) is 0.333. The van der Waals surface area contributed by atoms with Crippen molar-refractivity contribution in [3.8, 4) is 5.69 Å². The van der Waals surface area contributed by atoms with Crippen LogP contribution in [0.25, 0.3) is 5.69 Å². The molecule has 0 amide bonds. The van der Waals surface area contributed by atoms with E-state index in [-0.39, 0.29) is 6.04 Å². The second-order valence-corrected chi connectivity index (χ2v) is 6.08. The average molecular weight is 330 g/mol. The van der Waals surface area contributed by atoms with Gasteiger partial charge in [-0.2, -0.15) is 5.10 Å². The van der Waals surface area contributed by atoms with Crippen LogP contribution in [0.3, 0.4) is 0 Å². The second-order valence-electron chi connectivity index (χ2n) is 5.68. The zero-order valence-corrected chi connectivity index (χ0v) is 13.4. The van der Waals surface area contributed by atoms with Crippen molar-refractivity contribution in [2.75, 3.05) is 5.32 Å². The Labute approximate surface area is 138 Å². The number of hydrogen-bond acceptors (Lipinski definition) is 5. The number of hydrogen-bond donors (Lipinski definition) is 1. The molecule has 1 atom stereocenters. The Morgan fingerprint density at radius 2 is 2.09 bits per heavy atom. The number of para-hydroxylation sites is 1. The summed E-state index contributed by atoms with van der Waals surface area (Å²) in [4.78, 5) is 0. The molecule has 3 aromatic rings. The zero-order chi connectivity index (χ0) is 15.8. The van der Waals surface area contributed by atoms with Gasteiger partial charge in [-0.25, -0.2) is 9.36 Å². The van der Waals surface area contributed by atoms with Crippen LogP contribution in [0.4, 0.5) is 5.82 Å². The molecule has 1 aliphatic rings. The highest BCUT2D eigenvalue weighted by Gasteiger charge is 2.29. The first kappa shape index (κ1) is 14.2. The Hall–Kier alpha value is -2.41. The molecule has 1 aromatic carbocycles. The molecule has 0 unspecified atom stereocenters. The first-order valence-electron chi connectivity index (χ1n) is 7.57. The lowest BCUT2D eigenvalue weighted by Crippen LogP contribution is -2.14. The molecule has 23 heavy (non-hydrogen) atoms. The van der Waals surface area contributed by atoms with Crippen LogP contribution in [0, 0.1) is 0 Å². The SMILES string of the molecule is C[C@@H](Nc1ccn(-c2ccccc2Cl)n1)c1nnnn1C1CC1. The number of nitrogens with zero attached hydrogens (tertiary/aromatic N) is 6. The first-order valence-corrected chi connectivity index (χ1v) is 7.95. The van der Waals surface area contributed by atoms with Crippen LogP contribution >= 0.6 is 11.6 Å². The standard InChI is InChI=1S/C15H16ClN7/c1-10(15-18-20-21-23(15)11-6-7-11)17-14-8-9-22(19-14)13-5-3-2-4-12(13)16/h2-5,8-11H,6-7H2,1H3,(H,17,19)/t10-/m1/s1. The van der Waals surface area contributed by atoms with E-state index in [0.29, 0.717) is 11.1 Å². The topological polar surface area (TPSA) is 73.5 Å². The lowest BCUT2D eigenvalue weighted by Gasteiger charge is -2.12. The summed E-state index contributed by atoms with van der Waals surface area (Å²) in [6, 6.07) is 9.93. The third-order valence-electron chi connectivity index (χ3n) is 3.85. The maximum absolute atomic E-state index is 6.21. The van der Waals surface area contributed by atoms with E-state index >= 15 is 0 Å². The number of benzene rings is 1. The summed E-state index contributed by atoms with van der Waals surface area (Å²) >= 11 is 6.21. The molecule has 0 spiro atoms. The van der Waals surface area contributed by atoms with Crippen molar-refractivity contribution in [1.82, 2.24) is 30.0 Å². The van der Waals surface area contributed by atoms with Gasteiger partial charge < -0.3 is 5.32 Å². The number of halogens is 1. The summed E-state index contributed by atoms with van der Waals surface area (Å²) < 4.78 is 3.66. The van der Waals surface area contributed by atoms with E-state index in [1.807, 2.05) is 48.1 Å². The fourth-order valence-corrected chi connectivity index (χ4v) is 2.75. The number of aromatic nitrogens is 6. The maximum Gasteiger partial charge on any atom is 0.173 e. The van der Waals surface area contributed by atoms with Crippen molar-refractivity contribution >= 4 is 17.4 Å². The molecular formula is C15H16ClN7. The van der Waals surface area contributed by atoms with Crippen molar-refractivity contribution in [2.45, 2.75) is 31.8 Å². The van der Waals surface area contributed by atoms with Crippen molar-refractivity contribution in [3.05, 3.63) is 47.4 Å². The van der Waals surface area contributed by atoms with Gasteiger partial charge in [0.2, 0.25) is 0 Å². The smallest absolute Gasteiger partial charge is 0.173 e. The Morgan fingerprint density at radius 3 is 2.87 bits per heavy atom. The predicted octanol–water partition coefficient (Wildman–Crippen LogP) is 3.02. The molecule has 0 bridgehead atoms. The van der Waals surface area contributed by atoms with Gasteiger partial charge in [-0.1, -0.05) is 23.7 Å². The number of tetrazole rings is 1. The lowest BCUT2D eigenvalue weighted by atomic mass is 10.3. The summed E-state index contributed by atoms with van der Waals surface area (Å²) in [6.07, 6.45) is 4.16. The molecule has 0 aliphatic heterocycles. The van der Waals surface area contributed by atoms with E-state index in [9.17, 15) is 0 Å². The van der Waals surface area contributed by atoms with Crippen molar-refractivity contribution in [3.63, 3.8) is 0 Å². The van der Waals surface area contributed by atoms with Crippen molar-refractivity contribution < 1.29 is 0 Å². The highest BCUT2D eigenvalue weighted by atomic mass is 35.5. The van der Waals surface area contributed by atoms with Crippen molar-refractivity contribution in [1.29, 1.82) is 0 Å². The minimum atomic E-state index is -0.0276. The largest absolute Gasteiger partial charge is 0.359 e. The lowest BCUT2D eigenvalue weighted by molar-refractivity contribution is 0.566. The third-order valence-corrected chi connectivity index (χ3v) is 4.17. The molecular weight excluding hydrogens is 314 g/mol. The highest BCUT2D eigenvalue weighted by Crippen LogP contribution is 2.35. The molecule has 1 saturated carbocycles. The number of anilines is 1. The molecule has 1 aliphatic carbocycles. The minimum absolute atomic E-state index is 0.0276. The van der Waals surface area contributed by atoms with Gasteiger partial charge in [-0.3, -0.25) is 0 Å². The van der Waals surface area contributed by atoms with E-state index in [1.54, 1.807) is 4.68 Å². The van der Waals surface area contributed by atoms with Crippen molar-refractivity contribution in [2.24, 2.45) is 0 Å². The van der Waals surface area contributed by atoms with Crippen LogP contribution in [0.5, 0.6) is 0 Å². The molecule has 2 aromatic heterocycles. The Bertz CT molecular complexity index is 821. The summed E-state index contributed by atoms with van der Waals surface area (Å²) in [7, 11) is 0. The predicted molar refractivity (Wildman–Crippen MR) is 86.7 cm³/mol. The van der Waals surface area contributed by atoms with Gasteiger partial charge in [0, 0.05) is 12.3 Å². The van der Waals surface area contributed by atoms with Gasteiger partial charge in [-0.15, -0.1) is 5.10 Å². The molecule has 0 saturated heterocycles. The monoisotopic (exact) mass is 329 g/mol. The molecule has 118 valence electrons.